The second-order valence-corrected chi connectivity index (χ2v) is 7.11. The van der Waals surface area contributed by atoms with Crippen LogP contribution in [-0.2, 0) is 11.8 Å². The largest absolute Gasteiger partial charge is 0.240 e. The maximum Gasteiger partial charge on any atom is 0.104 e. The van der Waals surface area contributed by atoms with Gasteiger partial charge in [-0.1, -0.05) is 61.9 Å². The van der Waals surface area contributed by atoms with Gasteiger partial charge in [0.05, 0.1) is 10.2 Å². The van der Waals surface area contributed by atoms with E-state index in [-0.39, 0.29) is 5.41 Å². The minimum absolute atomic E-state index is 0.0196. The van der Waals surface area contributed by atoms with Crippen LogP contribution in [0.4, 0.5) is 0 Å². The average molecular weight is 321 g/mol. The van der Waals surface area contributed by atoms with Crippen LogP contribution in [0, 0.1) is 0 Å². The minimum Gasteiger partial charge on any atom is -0.240 e. The van der Waals surface area contributed by atoms with Crippen molar-refractivity contribution < 1.29 is 0 Å². The first-order chi connectivity index (χ1) is 11.3. The number of rotatable bonds is 7. The maximum atomic E-state index is 4.93. The maximum absolute atomic E-state index is 4.93. The molecule has 3 rings (SSSR count). The van der Waals surface area contributed by atoms with Gasteiger partial charge in [0.25, 0.3) is 0 Å². The molecule has 1 heterocycles. The number of aromatic nitrogens is 1. The Balaban J connectivity index is 1.93. The van der Waals surface area contributed by atoms with Crippen molar-refractivity contribution in [2.75, 3.05) is 0 Å². The summed E-state index contributed by atoms with van der Waals surface area (Å²) in [4.78, 5) is 4.93. The summed E-state index contributed by atoms with van der Waals surface area (Å²) >= 11 is 1.82. The molecule has 3 aromatic rings. The zero-order valence-corrected chi connectivity index (χ0v) is 14.5. The summed E-state index contributed by atoms with van der Waals surface area (Å²) < 4.78 is 1.27. The van der Waals surface area contributed by atoms with Crippen molar-refractivity contribution in [2.24, 2.45) is 0 Å². The second-order valence-electron chi connectivity index (χ2n) is 6.08. The smallest absolute Gasteiger partial charge is 0.104 e. The molecule has 0 radical (unpaired) electrons. The highest BCUT2D eigenvalue weighted by atomic mass is 32.1. The van der Waals surface area contributed by atoms with Gasteiger partial charge >= 0.3 is 0 Å². The van der Waals surface area contributed by atoms with Crippen LogP contribution in [0.25, 0.3) is 10.2 Å². The first kappa shape index (κ1) is 15.9. The van der Waals surface area contributed by atoms with Crippen LogP contribution in [0.3, 0.4) is 0 Å². The Hall–Kier alpha value is -1.93. The van der Waals surface area contributed by atoms with Crippen LogP contribution in [0.15, 0.2) is 67.3 Å². The Morgan fingerprint density at radius 3 is 2.48 bits per heavy atom. The summed E-state index contributed by atoms with van der Waals surface area (Å²) in [5.41, 5.74) is 2.47. The van der Waals surface area contributed by atoms with Crippen molar-refractivity contribution in [3.05, 3.63) is 77.8 Å². The summed E-state index contributed by atoms with van der Waals surface area (Å²) in [5.74, 6) is 0. The predicted octanol–water partition coefficient (Wildman–Crippen LogP) is 6.15. The van der Waals surface area contributed by atoms with E-state index in [0.29, 0.717) is 0 Å². The molecule has 0 aliphatic rings. The molecule has 2 heteroatoms. The molecule has 1 atom stereocenters. The number of para-hydroxylation sites is 1. The van der Waals surface area contributed by atoms with E-state index < -0.39 is 0 Å². The zero-order chi connectivity index (χ0) is 16.1. The first-order valence-corrected chi connectivity index (χ1v) is 9.12. The van der Waals surface area contributed by atoms with E-state index in [1.807, 2.05) is 11.3 Å². The number of allylic oxidation sites excluding steroid dienone is 1. The van der Waals surface area contributed by atoms with Gasteiger partial charge in [0.2, 0.25) is 0 Å². The molecule has 0 amide bonds. The summed E-state index contributed by atoms with van der Waals surface area (Å²) in [6.07, 6.45) is 6.49. The predicted molar refractivity (Wildman–Crippen MR) is 101 cm³/mol. The van der Waals surface area contributed by atoms with Gasteiger partial charge < -0.3 is 0 Å². The number of nitrogens with zero attached hydrogens (tertiary/aromatic N) is 1. The molecule has 0 aliphatic carbocycles. The van der Waals surface area contributed by atoms with Crippen LogP contribution in [-0.4, -0.2) is 4.98 Å². The lowest BCUT2D eigenvalue weighted by atomic mass is 9.79. The lowest BCUT2D eigenvalue weighted by Crippen LogP contribution is -2.24. The second kappa shape index (κ2) is 7.10. The van der Waals surface area contributed by atoms with Crippen LogP contribution in [0.2, 0.25) is 0 Å². The van der Waals surface area contributed by atoms with E-state index in [0.717, 1.165) is 31.2 Å². The summed E-state index contributed by atoms with van der Waals surface area (Å²) in [5, 5.41) is 1.21. The molecule has 0 saturated heterocycles. The number of aryl methyl sites for hydroxylation is 1. The fourth-order valence-electron chi connectivity index (χ4n) is 3.17. The third-order valence-electron chi connectivity index (χ3n) is 4.51. The van der Waals surface area contributed by atoms with Crippen molar-refractivity contribution >= 4 is 21.6 Å². The van der Waals surface area contributed by atoms with E-state index in [2.05, 4.69) is 74.2 Å². The highest BCUT2D eigenvalue weighted by molar-refractivity contribution is 7.18. The van der Waals surface area contributed by atoms with Crippen molar-refractivity contribution in [1.82, 2.24) is 4.98 Å². The Bertz CT molecular complexity index is 742. The van der Waals surface area contributed by atoms with E-state index in [9.17, 15) is 0 Å². The third kappa shape index (κ3) is 3.37. The van der Waals surface area contributed by atoms with Gasteiger partial charge in [-0.05, 0) is 37.0 Å². The van der Waals surface area contributed by atoms with Gasteiger partial charge in [0, 0.05) is 5.41 Å². The van der Waals surface area contributed by atoms with Gasteiger partial charge in [0.1, 0.15) is 5.01 Å². The fraction of sp³-hybridized carbons (Fsp3) is 0.286. The molecule has 0 fully saturated rings. The first-order valence-electron chi connectivity index (χ1n) is 8.31. The number of benzene rings is 2. The average Bonchev–Trinajstić information content (AvgIpc) is 3.04. The number of hydrogen-bond donors (Lipinski definition) is 0. The van der Waals surface area contributed by atoms with Gasteiger partial charge in [0.15, 0.2) is 0 Å². The summed E-state index contributed by atoms with van der Waals surface area (Å²) in [6, 6.07) is 19.1. The fourth-order valence-corrected chi connectivity index (χ4v) is 4.38. The Kier molecular flexibility index (Phi) is 4.92. The molecule has 0 spiro atoms. The number of thiazole rings is 1. The van der Waals surface area contributed by atoms with E-state index in [4.69, 9.17) is 4.98 Å². The molecule has 1 nitrogen and oxygen atoms in total. The normalized spacial score (nSPS) is 13.8. The molecule has 0 saturated carbocycles. The molecular weight excluding hydrogens is 298 g/mol. The Morgan fingerprint density at radius 2 is 1.78 bits per heavy atom. The standard InChI is InChI=1S/C21H23NS/c1-3-15-21(4-2,16-14-17-10-6-5-7-11-17)20-22-18-12-8-9-13-19(18)23-20/h4-13H,2-3,14-16H2,1H3/t21-/m1/s1. The van der Waals surface area contributed by atoms with Crippen molar-refractivity contribution in [1.29, 1.82) is 0 Å². The van der Waals surface area contributed by atoms with Crippen molar-refractivity contribution in [3.63, 3.8) is 0 Å². The SMILES string of the molecule is C=C[C@@](CCC)(CCc1ccccc1)c1nc2ccccc2s1. The molecule has 118 valence electrons. The Morgan fingerprint density at radius 1 is 1.04 bits per heavy atom. The molecule has 0 N–H and O–H groups in total. The molecule has 1 aromatic heterocycles. The van der Waals surface area contributed by atoms with Crippen molar-refractivity contribution in [3.8, 4) is 0 Å². The van der Waals surface area contributed by atoms with Crippen LogP contribution < -0.4 is 0 Å². The van der Waals surface area contributed by atoms with Crippen LogP contribution >= 0.6 is 11.3 Å². The number of fused-ring (bicyclic) bond motifs is 1. The highest BCUT2D eigenvalue weighted by Gasteiger charge is 2.31. The molecule has 2 aromatic carbocycles. The highest BCUT2D eigenvalue weighted by Crippen LogP contribution is 2.39. The lowest BCUT2D eigenvalue weighted by Gasteiger charge is -2.28. The molecule has 0 aliphatic heterocycles. The number of hydrogen-bond acceptors (Lipinski definition) is 2. The van der Waals surface area contributed by atoms with Crippen LogP contribution in [0.1, 0.15) is 36.8 Å². The summed E-state index contributed by atoms with van der Waals surface area (Å²) in [7, 11) is 0. The van der Waals surface area contributed by atoms with Crippen LogP contribution in [0.5, 0.6) is 0 Å². The van der Waals surface area contributed by atoms with E-state index >= 15 is 0 Å². The van der Waals surface area contributed by atoms with Gasteiger partial charge in [-0.2, -0.15) is 0 Å². The van der Waals surface area contributed by atoms with Gasteiger partial charge in [-0.25, -0.2) is 4.98 Å². The monoisotopic (exact) mass is 321 g/mol. The van der Waals surface area contributed by atoms with E-state index in [1.165, 1.54) is 15.3 Å². The molecule has 23 heavy (non-hydrogen) atoms. The minimum atomic E-state index is -0.0196. The zero-order valence-electron chi connectivity index (χ0n) is 13.7. The summed E-state index contributed by atoms with van der Waals surface area (Å²) in [6.45, 7) is 6.42. The third-order valence-corrected chi connectivity index (χ3v) is 5.77. The van der Waals surface area contributed by atoms with Crippen molar-refractivity contribution in [2.45, 2.75) is 38.0 Å². The van der Waals surface area contributed by atoms with E-state index in [1.54, 1.807) is 0 Å². The topological polar surface area (TPSA) is 12.9 Å². The van der Waals surface area contributed by atoms with Gasteiger partial charge in [-0.3, -0.25) is 0 Å². The molecular formula is C21H23NS. The van der Waals surface area contributed by atoms with Gasteiger partial charge in [-0.15, -0.1) is 17.9 Å². The molecule has 0 bridgehead atoms. The lowest BCUT2D eigenvalue weighted by molar-refractivity contribution is 0.446. The Labute approximate surface area is 142 Å². The molecule has 0 unspecified atom stereocenters. The quantitative estimate of drug-likeness (QED) is 0.475.